The lowest BCUT2D eigenvalue weighted by Crippen LogP contribution is -2.46. The summed E-state index contributed by atoms with van der Waals surface area (Å²) in [5.41, 5.74) is 2.84. The van der Waals surface area contributed by atoms with E-state index in [2.05, 4.69) is 20.6 Å². The summed E-state index contributed by atoms with van der Waals surface area (Å²) in [6.07, 6.45) is 1.56. The summed E-state index contributed by atoms with van der Waals surface area (Å²) in [5.74, 6) is 0.377. The Balaban J connectivity index is 1.21. The summed E-state index contributed by atoms with van der Waals surface area (Å²) in [7, 11) is 0. The minimum atomic E-state index is -0.888. The van der Waals surface area contributed by atoms with E-state index in [1.54, 1.807) is 29.2 Å². The molecule has 0 bridgehead atoms. The van der Waals surface area contributed by atoms with Crippen LogP contribution in [0.2, 0.25) is 0 Å². The van der Waals surface area contributed by atoms with Crippen LogP contribution in [0, 0.1) is 0 Å². The van der Waals surface area contributed by atoms with E-state index in [4.69, 9.17) is 0 Å². The zero-order chi connectivity index (χ0) is 21.4. The van der Waals surface area contributed by atoms with E-state index >= 15 is 0 Å². The van der Waals surface area contributed by atoms with Crippen LogP contribution in [0.15, 0.2) is 48.5 Å². The van der Waals surface area contributed by atoms with Gasteiger partial charge in [-0.05, 0) is 37.1 Å². The lowest BCUT2D eigenvalue weighted by molar-refractivity contribution is -0.134. The van der Waals surface area contributed by atoms with Gasteiger partial charge >= 0.3 is 0 Å². The highest BCUT2D eigenvalue weighted by atomic mass is 16.2. The van der Waals surface area contributed by atoms with Crippen LogP contribution in [-0.4, -0.2) is 51.7 Å². The molecule has 1 aromatic heterocycles. The molecule has 1 atom stereocenters. The monoisotopic (exact) mass is 417 g/mol. The molecule has 8 nitrogen and oxygen atoms in total. The highest BCUT2D eigenvalue weighted by Gasteiger charge is 2.32. The number of para-hydroxylation sites is 3. The summed E-state index contributed by atoms with van der Waals surface area (Å²) in [5, 5.41) is 5.44. The predicted molar refractivity (Wildman–Crippen MR) is 116 cm³/mol. The largest absolute Gasteiger partial charge is 0.343 e. The van der Waals surface area contributed by atoms with Crippen LogP contribution in [0.5, 0.6) is 0 Å². The highest BCUT2D eigenvalue weighted by molar-refractivity contribution is 6.10. The molecule has 3 heterocycles. The molecule has 2 aromatic carbocycles. The Morgan fingerprint density at radius 2 is 1.77 bits per heavy atom. The molecule has 0 spiro atoms. The first kappa shape index (κ1) is 19.3. The van der Waals surface area contributed by atoms with Crippen LogP contribution in [0.4, 0.5) is 5.69 Å². The number of piperidine rings is 1. The molecular formula is C23H23N5O3. The van der Waals surface area contributed by atoms with Gasteiger partial charge < -0.3 is 20.5 Å². The molecule has 1 saturated heterocycles. The Labute approximate surface area is 179 Å². The first-order valence-corrected chi connectivity index (χ1v) is 10.5. The third-order valence-corrected chi connectivity index (χ3v) is 6.07. The van der Waals surface area contributed by atoms with E-state index in [1.165, 1.54) is 0 Å². The standard InChI is InChI=1S/C23H23N5O3/c29-20(13-19-23(31)26-16-6-2-1-5-15(16)22(30)27-19)28-11-9-14(10-12-28)21-24-17-7-3-4-8-18(17)25-21/h1-8,14,19H,9-13H2,(H,24,25)(H,26,31)(H,27,30)/t19-/m0/s1. The molecule has 0 saturated carbocycles. The van der Waals surface area contributed by atoms with Crippen LogP contribution in [0.1, 0.15) is 41.4 Å². The number of fused-ring (bicyclic) bond motifs is 2. The number of anilines is 1. The number of H-pyrrole nitrogens is 1. The number of aromatic amines is 1. The van der Waals surface area contributed by atoms with E-state index < -0.39 is 6.04 Å². The van der Waals surface area contributed by atoms with Crippen molar-refractivity contribution >= 4 is 34.4 Å². The Kier molecular flexibility index (Phi) is 4.89. The number of carbonyl (C=O) groups is 3. The van der Waals surface area contributed by atoms with Gasteiger partial charge in [0.25, 0.3) is 5.91 Å². The van der Waals surface area contributed by atoms with Gasteiger partial charge in [0.05, 0.1) is 28.7 Å². The van der Waals surface area contributed by atoms with Crippen molar-refractivity contribution in [2.45, 2.75) is 31.2 Å². The number of aromatic nitrogens is 2. The van der Waals surface area contributed by atoms with Gasteiger partial charge in [0.2, 0.25) is 11.8 Å². The van der Waals surface area contributed by atoms with Gasteiger partial charge in [-0.1, -0.05) is 24.3 Å². The fourth-order valence-electron chi connectivity index (χ4n) is 4.33. The van der Waals surface area contributed by atoms with Crippen LogP contribution in [0.25, 0.3) is 11.0 Å². The van der Waals surface area contributed by atoms with Crippen molar-refractivity contribution in [3.05, 3.63) is 59.9 Å². The van der Waals surface area contributed by atoms with Crippen molar-refractivity contribution in [2.24, 2.45) is 0 Å². The summed E-state index contributed by atoms with van der Waals surface area (Å²) in [6, 6.07) is 13.9. The van der Waals surface area contributed by atoms with Crippen molar-refractivity contribution in [2.75, 3.05) is 18.4 Å². The van der Waals surface area contributed by atoms with Gasteiger partial charge in [-0.2, -0.15) is 0 Å². The number of imidazole rings is 1. The predicted octanol–water partition coefficient (Wildman–Crippen LogP) is 2.41. The van der Waals surface area contributed by atoms with Crippen molar-refractivity contribution in [3.63, 3.8) is 0 Å². The number of rotatable bonds is 3. The topological polar surface area (TPSA) is 107 Å². The number of hydrogen-bond donors (Lipinski definition) is 3. The Morgan fingerprint density at radius 3 is 2.58 bits per heavy atom. The van der Waals surface area contributed by atoms with Crippen molar-refractivity contribution < 1.29 is 14.4 Å². The van der Waals surface area contributed by atoms with E-state index in [1.807, 2.05) is 24.3 Å². The van der Waals surface area contributed by atoms with Gasteiger partial charge in [-0.3, -0.25) is 14.4 Å². The van der Waals surface area contributed by atoms with Gasteiger partial charge in [-0.15, -0.1) is 0 Å². The first-order chi connectivity index (χ1) is 15.1. The zero-order valence-electron chi connectivity index (χ0n) is 16.9. The third kappa shape index (κ3) is 3.76. The average Bonchev–Trinajstić information content (AvgIpc) is 3.18. The second kappa shape index (κ2) is 7.86. The molecule has 0 aliphatic carbocycles. The molecule has 5 rings (SSSR count). The summed E-state index contributed by atoms with van der Waals surface area (Å²) in [6.45, 7) is 1.20. The van der Waals surface area contributed by atoms with Gasteiger partial charge in [-0.25, -0.2) is 4.98 Å². The lowest BCUT2D eigenvalue weighted by Gasteiger charge is -2.32. The molecule has 2 aliphatic heterocycles. The van der Waals surface area contributed by atoms with Crippen LogP contribution >= 0.6 is 0 Å². The number of hydrogen-bond acceptors (Lipinski definition) is 4. The molecule has 31 heavy (non-hydrogen) atoms. The molecule has 0 radical (unpaired) electrons. The Bertz CT molecular complexity index is 1130. The van der Waals surface area contributed by atoms with Crippen molar-refractivity contribution in [1.29, 1.82) is 0 Å². The summed E-state index contributed by atoms with van der Waals surface area (Å²) in [4.78, 5) is 47.7. The number of benzene rings is 2. The highest BCUT2D eigenvalue weighted by Crippen LogP contribution is 2.28. The van der Waals surface area contributed by atoms with Crippen LogP contribution in [-0.2, 0) is 9.59 Å². The van der Waals surface area contributed by atoms with E-state index in [0.29, 0.717) is 24.3 Å². The van der Waals surface area contributed by atoms with Crippen molar-refractivity contribution in [3.8, 4) is 0 Å². The van der Waals surface area contributed by atoms with Gasteiger partial charge in [0.1, 0.15) is 11.9 Å². The normalized spacial score (nSPS) is 19.5. The molecule has 0 unspecified atom stereocenters. The maximum atomic E-state index is 12.9. The molecule has 3 N–H and O–H groups in total. The number of carbonyl (C=O) groups excluding carboxylic acids is 3. The third-order valence-electron chi connectivity index (χ3n) is 6.07. The van der Waals surface area contributed by atoms with Crippen molar-refractivity contribution in [1.82, 2.24) is 20.2 Å². The van der Waals surface area contributed by atoms with Gasteiger partial charge in [0.15, 0.2) is 0 Å². The molecule has 3 aromatic rings. The van der Waals surface area contributed by atoms with E-state index in [9.17, 15) is 14.4 Å². The molecular weight excluding hydrogens is 394 g/mol. The summed E-state index contributed by atoms with van der Waals surface area (Å²) < 4.78 is 0. The average molecular weight is 417 g/mol. The minimum absolute atomic E-state index is 0.0547. The number of amides is 3. The Hall–Kier alpha value is -3.68. The lowest BCUT2D eigenvalue weighted by atomic mass is 9.95. The fourth-order valence-corrected chi connectivity index (χ4v) is 4.33. The number of nitrogens with one attached hydrogen (secondary N) is 3. The molecule has 158 valence electrons. The summed E-state index contributed by atoms with van der Waals surface area (Å²) >= 11 is 0. The zero-order valence-corrected chi connectivity index (χ0v) is 16.9. The first-order valence-electron chi connectivity index (χ1n) is 10.5. The van der Waals surface area contributed by atoms with E-state index in [-0.39, 0.29) is 30.1 Å². The maximum Gasteiger partial charge on any atom is 0.254 e. The van der Waals surface area contributed by atoms with Crippen LogP contribution in [0.3, 0.4) is 0 Å². The quantitative estimate of drug-likeness (QED) is 0.608. The number of nitrogens with zero attached hydrogens (tertiary/aromatic N) is 2. The van der Waals surface area contributed by atoms with Crippen LogP contribution < -0.4 is 10.6 Å². The molecule has 1 fully saturated rings. The second-order valence-corrected chi connectivity index (χ2v) is 8.06. The molecule has 8 heteroatoms. The number of likely N-dealkylation sites (tertiary alicyclic amines) is 1. The maximum absolute atomic E-state index is 12.9. The molecule has 2 aliphatic rings. The molecule has 3 amide bonds. The smallest absolute Gasteiger partial charge is 0.254 e. The fraction of sp³-hybridized carbons (Fsp3) is 0.304. The SMILES string of the molecule is O=C1N[C@@H](CC(=O)N2CCC(c3nc4ccccc4[nH]3)CC2)C(=O)Nc2ccccc21. The minimum Gasteiger partial charge on any atom is -0.343 e. The Morgan fingerprint density at radius 1 is 1.03 bits per heavy atom. The van der Waals surface area contributed by atoms with E-state index in [0.717, 1.165) is 29.7 Å². The van der Waals surface area contributed by atoms with Gasteiger partial charge in [0, 0.05) is 19.0 Å². The second-order valence-electron chi connectivity index (χ2n) is 8.06.